The van der Waals surface area contributed by atoms with Crippen molar-refractivity contribution in [2.24, 2.45) is 0 Å². The SMILES string of the molecule is C=C(C#Cc1ccccc1Cl)c1ccccc1. The van der Waals surface area contributed by atoms with Crippen molar-refractivity contribution in [3.05, 3.63) is 77.3 Å². The van der Waals surface area contributed by atoms with Gasteiger partial charge in [0.2, 0.25) is 0 Å². The minimum atomic E-state index is 0.667. The molecule has 2 rings (SSSR count). The molecule has 0 saturated carbocycles. The quantitative estimate of drug-likeness (QED) is 0.646. The van der Waals surface area contributed by atoms with Gasteiger partial charge in [-0.05, 0) is 17.7 Å². The van der Waals surface area contributed by atoms with E-state index in [9.17, 15) is 0 Å². The van der Waals surface area contributed by atoms with Crippen LogP contribution in [0.4, 0.5) is 0 Å². The highest BCUT2D eigenvalue weighted by molar-refractivity contribution is 6.31. The van der Waals surface area contributed by atoms with E-state index < -0.39 is 0 Å². The summed E-state index contributed by atoms with van der Waals surface area (Å²) in [6.07, 6.45) is 0. The molecule has 0 radical (unpaired) electrons. The van der Waals surface area contributed by atoms with Gasteiger partial charge in [0.15, 0.2) is 0 Å². The number of allylic oxidation sites excluding steroid dienone is 1. The van der Waals surface area contributed by atoms with Crippen LogP contribution in [0.2, 0.25) is 5.02 Å². The van der Waals surface area contributed by atoms with Crippen LogP contribution in [0.3, 0.4) is 0 Å². The topological polar surface area (TPSA) is 0 Å². The molecule has 0 heterocycles. The second-order valence-electron chi connectivity index (χ2n) is 3.57. The zero-order valence-electron chi connectivity index (χ0n) is 9.28. The lowest BCUT2D eigenvalue weighted by Gasteiger charge is -1.97. The van der Waals surface area contributed by atoms with Crippen LogP contribution in [0.15, 0.2) is 61.2 Å². The summed E-state index contributed by atoms with van der Waals surface area (Å²) in [5.41, 5.74) is 2.66. The molecule has 0 aliphatic heterocycles. The lowest BCUT2D eigenvalue weighted by atomic mass is 10.1. The zero-order valence-corrected chi connectivity index (χ0v) is 10.0. The van der Waals surface area contributed by atoms with E-state index in [1.807, 2.05) is 54.6 Å². The molecule has 1 heteroatoms. The summed E-state index contributed by atoms with van der Waals surface area (Å²) in [6, 6.07) is 17.4. The lowest BCUT2D eigenvalue weighted by Crippen LogP contribution is -1.79. The molecule has 0 aliphatic rings. The summed E-state index contributed by atoms with van der Waals surface area (Å²) < 4.78 is 0. The van der Waals surface area contributed by atoms with E-state index in [1.54, 1.807) is 0 Å². The molecular formula is C16H11Cl. The van der Waals surface area contributed by atoms with Gasteiger partial charge in [-0.25, -0.2) is 0 Å². The maximum atomic E-state index is 6.02. The number of rotatable bonds is 1. The van der Waals surface area contributed by atoms with Crippen LogP contribution >= 0.6 is 11.6 Å². The van der Waals surface area contributed by atoms with E-state index in [2.05, 4.69) is 18.4 Å². The summed E-state index contributed by atoms with van der Waals surface area (Å²) in [6.45, 7) is 3.95. The minimum absolute atomic E-state index is 0.667. The summed E-state index contributed by atoms with van der Waals surface area (Å²) >= 11 is 6.02. The fraction of sp³-hybridized carbons (Fsp3) is 0. The normalized spacial score (nSPS) is 9.24. The smallest absolute Gasteiger partial charge is 0.0562 e. The number of halogens is 1. The first-order chi connectivity index (χ1) is 8.27. The van der Waals surface area contributed by atoms with Gasteiger partial charge in [0, 0.05) is 11.1 Å². The molecule has 82 valence electrons. The van der Waals surface area contributed by atoms with Gasteiger partial charge in [-0.1, -0.05) is 72.5 Å². The number of hydrogen-bond donors (Lipinski definition) is 0. The van der Waals surface area contributed by atoms with Crippen molar-refractivity contribution in [1.29, 1.82) is 0 Å². The van der Waals surface area contributed by atoms with Crippen molar-refractivity contribution in [2.45, 2.75) is 0 Å². The Balaban J connectivity index is 2.24. The van der Waals surface area contributed by atoms with Crippen LogP contribution in [0.1, 0.15) is 11.1 Å². The summed E-state index contributed by atoms with van der Waals surface area (Å²) in [5, 5.41) is 0.667. The average Bonchev–Trinajstić information content (AvgIpc) is 2.38. The van der Waals surface area contributed by atoms with Crippen molar-refractivity contribution in [3.8, 4) is 11.8 Å². The fourth-order valence-electron chi connectivity index (χ4n) is 1.42. The molecule has 0 aliphatic carbocycles. The predicted octanol–water partition coefficient (Wildman–Crippen LogP) is 4.40. The first-order valence-electron chi connectivity index (χ1n) is 5.28. The third kappa shape index (κ3) is 3.00. The third-order valence-electron chi connectivity index (χ3n) is 2.34. The minimum Gasteiger partial charge on any atom is -0.0830 e. The Morgan fingerprint density at radius 2 is 1.59 bits per heavy atom. The number of hydrogen-bond acceptors (Lipinski definition) is 0. The van der Waals surface area contributed by atoms with E-state index in [1.165, 1.54) is 0 Å². The summed E-state index contributed by atoms with van der Waals surface area (Å²) in [7, 11) is 0. The van der Waals surface area contributed by atoms with Crippen molar-refractivity contribution in [1.82, 2.24) is 0 Å². The van der Waals surface area contributed by atoms with Gasteiger partial charge in [-0.15, -0.1) is 0 Å². The molecule has 0 unspecified atom stereocenters. The Morgan fingerprint density at radius 3 is 2.29 bits per heavy atom. The number of benzene rings is 2. The molecule has 2 aromatic rings. The van der Waals surface area contributed by atoms with Crippen LogP contribution in [0, 0.1) is 11.8 Å². The average molecular weight is 239 g/mol. The van der Waals surface area contributed by atoms with Crippen molar-refractivity contribution < 1.29 is 0 Å². The van der Waals surface area contributed by atoms with Crippen molar-refractivity contribution in [2.75, 3.05) is 0 Å². The molecule has 0 nitrogen and oxygen atoms in total. The molecule has 0 spiro atoms. The summed E-state index contributed by atoms with van der Waals surface area (Å²) in [4.78, 5) is 0. The maximum absolute atomic E-state index is 6.02. The Labute approximate surface area is 107 Å². The van der Waals surface area contributed by atoms with E-state index in [-0.39, 0.29) is 0 Å². The van der Waals surface area contributed by atoms with Gasteiger partial charge in [-0.2, -0.15) is 0 Å². The monoisotopic (exact) mass is 238 g/mol. The highest BCUT2D eigenvalue weighted by Crippen LogP contribution is 2.15. The van der Waals surface area contributed by atoms with Crippen LogP contribution in [0.5, 0.6) is 0 Å². The third-order valence-corrected chi connectivity index (χ3v) is 2.67. The highest BCUT2D eigenvalue weighted by Gasteiger charge is 1.95. The molecule has 17 heavy (non-hydrogen) atoms. The Hall–Kier alpha value is -1.97. The molecule has 0 fully saturated rings. The molecule has 0 saturated heterocycles. The van der Waals surface area contributed by atoms with E-state index in [0.717, 1.165) is 16.7 Å². The van der Waals surface area contributed by atoms with Gasteiger partial charge < -0.3 is 0 Å². The van der Waals surface area contributed by atoms with Crippen molar-refractivity contribution in [3.63, 3.8) is 0 Å². The van der Waals surface area contributed by atoms with E-state index in [4.69, 9.17) is 11.6 Å². The molecule has 0 N–H and O–H groups in total. The molecule has 0 atom stereocenters. The molecule has 0 amide bonds. The first kappa shape index (κ1) is 11.5. The van der Waals surface area contributed by atoms with Crippen LogP contribution in [-0.2, 0) is 0 Å². The van der Waals surface area contributed by atoms with Gasteiger partial charge in [0.25, 0.3) is 0 Å². The second kappa shape index (κ2) is 5.39. The van der Waals surface area contributed by atoms with Crippen LogP contribution < -0.4 is 0 Å². The van der Waals surface area contributed by atoms with E-state index >= 15 is 0 Å². The maximum Gasteiger partial charge on any atom is 0.0562 e. The predicted molar refractivity (Wildman–Crippen MR) is 73.8 cm³/mol. The standard InChI is InChI=1S/C16H11Cl/c1-13(14-7-3-2-4-8-14)11-12-15-9-5-6-10-16(15)17/h2-10H,1H2. The largest absolute Gasteiger partial charge is 0.0830 e. The highest BCUT2D eigenvalue weighted by atomic mass is 35.5. The Kier molecular flexibility index (Phi) is 3.65. The fourth-order valence-corrected chi connectivity index (χ4v) is 1.60. The van der Waals surface area contributed by atoms with E-state index in [0.29, 0.717) is 5.02 Å². The molecule has 0 bridgehead atoms. The zero-order chi connectivity index (χ0) is 12.1. The first-order valence-corrected chi connectivity index (χ1v) is 5.66. The van der Waals surface area contributed by atoms with Crippen molar-refractivity contribution >= 4 is 17.2 Å². The van der Waals surface area contributed by atoms with Gasteiger partial charge in [0.1, 0.15) is 0 Å². The van der Waals surface area contributed by atoms with Crippen LogP contribution in [-0.4, -0.2) is 0 Å². The lowest BCUT2D eigenvalue weighted by molar-refractivity contribution is 1.63. The second-order valence-corrected chi connectivity index (χ2v) is 3.98. The molecule has 0 aromatic heterocycles. The van der Waals surface area contributed by atoms with Gasteiger partial charge >= 0.3 is 0 Å². The Bertz CT molecular complexity index is 586. The molecule has 2 aromatic carbocycles. The van der Waals surface area contributed by atoms with Gasteiger partial charge in [0.05, 0.1) is 5.02 Å². The molecular weight excluding hydrogens is 228 g/mol. The Morgan fingerprint density at radius 1 is 0.941 bits per heavy atom. The van der Waals surface area contributed by atoms with Crippen LogP contribution in [0.25, 0.3) is 5.57 Å². The summed E-state index contributed by atoms with van der Waals surface area (Å²) in [5.74, 6) is 6.06. The van der Waals surface area contributed by atoms with Gasteiger partial charge in [-0.3, -0.25) is 0 Å².